The Bertz CT molecular complexity index is 731. The number of anilines is 1. The number of fused-ring (bicyclic) bond motifs is 1. The lowest BCUT2D eigenvalue weighted by Gasteiger charge is -2.02. The molecule has 102 valence electrons. The Morgan fingerprint density at radius 3 is 2.75 bits per heavy atom. The van der Waals surface area contributed by atoms with E-state index in [9.17, 15) is 0 Å². The van der Waals surface area contributed by atoms with Gasteiger partial charge in [0.25, 0.3) is 0 Å². The smallest absolute Gasteiger partial charge is 0.195 e. The van der Waals surface area contributed by atoms with Gasteiger partial charge in [-0.05, 0) is 42.2 Å². The molecular weight excluding hydrogens is 248 g/mol. The van der Waals surface area contributed by atoms with Gasteiger partial charge in [-0.1, -0.05) is 31.2 Å². The largest absolute Gasteiger partial charge is 0.441 e. The first-order valence-electron chi connectivity index (χ1n) is 6.98. The van der Waals surface area contributed by atoms with Crippen molar-refractivity contribution in [2.75, 3.05) is 5.73 Å². The van der Waals surface area contributed by atoms with Crippen LogP contribution in [-0.2, 0) is 19.3 Å². The molecule has 0 atom stereocenters. The summed E-state index contributed by atoms with van der Waals surface area (Å²) in [5, 5.41) is 0. The van der Waals surface area contributed by atoms with Crippen LogP contribution in [0.25, 0.3) is 11.1 Å². The van der Waals surface area contributed by atoms with Crippen LogP contribution >= 0.6 is 0 Å². The number of aryl methyl sites for hydroxylation is 3. The molecule has 0 unspecified atom stereocenters. The van der Waals surface area contributed by atoms with Gasteiger partial charge in [0.05, 0.1) is 0 Å². The highest BCUT2D eigenvalue weighted by molar-refractivity contribution is 5.73. The van der Waals surface area contributed by atoms with E-state index in [4.69, 9.17) is 10.2 Å². The van der Waals surface area contributed by atoms with E-state index in [0.29, 0.717) is 0 Å². The van der Waals surface area contributed by atoms with Crippen LogP contribution in [0.15, 0.2) is 46.9 Å². The number of nitrogens with zero attached hydrogens (tertiary/aromatic N) is 1. The molecule has 0 saturated heterocycles. The van der Waals surface area contributed by atoms with E-state index in [1.807, 2.05) is 30.3 Å². The first-order valence-corrected chi connectivity index (χ1v) is 6.98. The maximum Gasteiger partial charge on any atom is 0.195 e. The van der Waals surface area contributed by atoms with Crippen molar-refractivity contribution >= 4 is 16.8 Å². The van der Waals surface area contributed by atoms with E-state index < -0.39 is 0 Å². The molecule has 3 rings (SSSR count). The lowest BCUT2D eigenvalue weighted by Crippen LogP contribution is -1.96. The second-order valence-corrected chi connectivity index (χ2v) is 4.96. The van der Waals surface area contributed by atoms with Crippen molar-refractivity contribution in [2.24, 2.45) is 0 Å². The summed E-state index contributed by atoms with van der Waals surface area (Å²) >= 11 is 0. The monoisotopic (exact) mass is 266 g/mol. The number of nitrogen functional groups attached to an aromatic ring is 1. The van der Waals surface area contributed by atoms with Crippen molar-refractivity contribution in [1.29, 1.82) is 0 Å². The fourth-order valence-corrected chi connectivity index (χ4v) is 2.35. The van der Waals surface area contributed by atoms with Crippen molar-refractivity contribution in [3.05, 3.63) is 59.5 Å². The van der Waals surface area contributed by atoms with Gasteiger partial charge in [-0.3, -0.25) is 0 Å². The fourth-order valence-electron chi connectivity index (χ4n) is 2.35. The summed E-state index contributed by atoms with van der Waals surface area (Å²) < 4.78 is 5.78. The average molecular weight is 266 g/mol. The van der Waals surface area contributed by atoms with Gasteiger partial charge >= 0.3 is 0 Å². The first-order chi connectivity index (χ1) is 9.76. The Morgan fingerprint density at radius 1 is 1.10 bits per heavy atom. The normalized spacial score (nSPS) is 11.1. The van der Waals surface area contributed by atoms with E-state index in [-0.39, 0.29) is 0 Å². The summed E-state index contributed by atoms with van der Waals surface area (Å²) in [4.78, 5) is 4.56. The molecule has 3 aromatic rings. The van der Waals surface area contributed by atoms with Crippen LogP contribution < -0.4 is 5.73 Å². The minimum absolute atomic E-state index is 0.768. The van der Waals surface area contributed by atoms with Gasteiger partial charge in [0, 0.05) is 12.1 Å². The molecule has 2 N–H and O–H groups in total. The van der Waals surface area contributed by atoms with E-state index >= 15 is 0 Å². The molecule has 20 heavy (non-hydrogen) atoms. The number of hydrogen-bond acceptors (Lipinski definition) is 3. The fraction of sp³-hybridized carbons (Fsp3) is 0.235. The van der Waals surface area contributed by atoms with Crippen molar-refractivity contribution in [3.8, 4) is 0 Å². The summed E-state index contributed by atoms with van der Waals surface area (Å²) in [6, 6.07) is 14.1. The molecule has 3 heteroatoms. The standard InChI is InChI=1S/C17H18N2O/c1-2-12-7-9-16-15(11-12)19-17(20-16)10-8-13-5-3-4-6-14(13)18/h3-7,9,11H,2,8,10,18H2,1H3. The van der Waals surface area contributed by atoms with E-state index in [2.05, 4.69) is 24.0 Å². The molecule has 0 radical (unpaired) electrons. The molecule has 1 aromatic heterocycles. The number of hydrogen-bond donors (Lipinski definition) is 1. The number of aromatic nitrogens is 1. The summed E-state index contributed by atoms with van der Waals surface area (Å²) in [5.74, 6) is 0.775. The van der Waals surface area contributed by atoms with Gasteiger partial charge in [-0.25, -0.2) is 4.98 Å². The van der Waals surface area contributed by atoms with Gasteiger partial charge in [0.2, 0.25) is 0 Å². The summed E-state index contributed by atoms with van der Waals surface area (Å²) in [5.41, 5.74) is 11.0. The zero-order valence-corrected chi connectivity index (χ0v) is 11.6. The van der Waals surface area contributed by atoms with E-state index in [1.54, 1.807) is 0 Å². The Balaban J connectivity index is 1.79. The quantitative estimate of drug-likeness (QED) is 0.731. The zero-order chi connectivity index (χ0) is 13.9. The predicted molar refractivity (Wildman–Crippen MR) is 81.6 cm³/mol. The van der Waals surface area contributed by atoms with Crippen LogP contribution in [0.4, 0.5) is 5.69 Å². The molecule has 3 nitrogen and oxygen atoms in total. The molecule has 0 bridgehead atoms. The lowest BCUT2D eigenvalue weighted by atomic mass is 10.1. The number of nitrogens with two attached hydrogens (primary N) is 1. The molecule has 0 amide bonds. The van der Waals surface area contributed by atoms with Gasteiger partial charge in [-0.2, -0.15) is 0 Å². The molecule has 0 aliphatic rings. The van der Waals surface area contributed by atoms with Crippen LogP contribution in [0.3, 0.4) is 0 Å². The molecule has 2 aromatic carbocycles. The topological polar surface area (TPSA) is 52.0 Å². The van der Waals surface area contributed by atoms with Crippen LogP contribution in [0.5, 0.6) is 0 Å². The van der Waals surface area contributed by atoms with Crippen molar-refractivity contribution in [2.45, 2.75) is 26.2 Å². The highest BCUT2D eigenvalue weighted by atomic mass is 16.3. The first kappa shape index (κ1) is 12.7. The van der Waals surface area contributed by atoms with Crippen LogP contribution in [0.2, 0.25) is 0 Å². The Kier molecular flexibility index (Phi) is 3.42. The minimum Gasteiger partial charge on any atom is -0.441 e. The maximum atomic E-state index is 5.95. The number of oxazole rings is 1. The maximum absolute atomic E-state index is 5.95. The van der Waals surface area contributed by atoms with E-state index in [0.717, 1.165) is 47.5 Å². The van der Waals surface area contributed by atoms with Crippen LogP contribution in [0.1, 0.15) is 23.9 Å². The van der Waals surface area contributed by atoms with Gasteiger partial charge in [-0.15, -0.1) is 0 Å². The SMILES string of the molecule is CCc1ccc2oc(CCc3ccccc3N)nc2c1. The Morgan fingerprint density at radius 2 is 1.95 bits per heavy atom. The Labute approximate surface area is 118 Å². The molecule has 0 aliphatic carbocycles. The predicted octanol–water partition coefficient (Wildman–Crippen LogP) is 3.76. The Hall–Kier alpha value is -2.29. The van der Waals surface area contributed by atoms with Gasteiger partial charge < -0.3 is 10.2 Å². The van der Waals surface area contributed by atoms with E-state index in [1.165, 1.54) is 5.56 Å². The average Bonchev–Trinajstić information content (AvgIpc) is 2.88. The van der Waals surface area contributed by atoms with Crippen molar-refractivity contribution < 1.29 is 4.42 Å². The summed E-state index contributed by atoms with van der Waals surface area (Å²) in [7, 11) is 0. The number of rotatable bonds is 4. The van der Waals surface area contributed by atoms with Gasteiger partial charge in [0.1, 0.15) is 5.52 Å². The van der Waals surface area contributed by atoms with Gasteiger partial charge in [0.15, 0.2) is 11.5 Å². The minimum atomic E-state index is 0.768. The molecule has 1 heterocycles. The zero-order valence-electron chi connectivity index (χ0n) is 11.6. The molecule has 0 spiro atoms. The lowest BCUT2D eigenvalue weighted by molar-refractivity contribution is 0.528. The van der Waals surface area contributed by atoms with Crippen LogP contribution in [0, 0.1) is 0 Å². The number of para-hydroxylation sites is 1. The highest BCUT2D eigenvalue weighted by Crippen LogP contribution is 2.20. The van der Waals surface area contributed by atoms with Crippen molar-refractivity contribution in [1.82, 2.24) is 4.98 Å². The third-order valence-electron chi connectivity index (χ3n) is 3.57. The van der Waals surface area contributed by atoms with Crippen LogP contribution in [-0.4, -0.2) is 4.98 Å². The summed E-state index contributed by atoms with van der Waals surface area (Å²) in [6.45, 7) is 2.14. The molecule has 0 fully saturated rings. The molecule has 0 saturated carbocycles. The van der Waals surface area contributed by atoms with Crippen molar-refractivity contribution in [3.63, 3.8) is 0 Å². The number of benzene rings is 2. The molecular formula is C17H18N2O. The highest BCUT2D eigenvalue weighted by Gasteiger charge is 2.07. The third-order valence-corrected chi connectivity index (χ3v) is 3.57. The molecule has 0 aliphatic heterocycles. The second kappa shape index (κ2) is 5.37. The second-order valence-electron chi connectivity index (χ2n) is 4.96. The summed E-state index contributed by atoms with van der Waals surface area (Å²) in [6.07, 6.45) is 2.63. The third kappa shape index (κ3) is 2.52.